The average Bonchev–Trinajstić information content (AvgIpc) is 3.18. The molecule has 2 aliphatic rings. The number of nitrogens with one attached hydrogen (secondary N) is 1. The average molecular weight is 399 g/mol. The third-order valence-electron chi connectivity index (χ3n) is 6.01. The van der Waals surface area contributed by atoms with Crippen LogP contribution in [0.15, 0.2) is 28.9 Å². The molecule has 8 nitrogen and oxygen atoms in total. The van der Waals surface area contributed by atoms with E-state index in [0.29, 0.717) is 24.4 Å². The number of hydrogen-bond donors (Lipinski definition) is 1. The summed E-state index contributed by atoms with van der Waals surface area (Å²) in [4.78, 5) is 21.7. The van der Waals surface area contributed by atoms with E-state index in [2.05, 4.69) is 30.3 Å². The van der Waals surface area contributed by atoms with Crippen molar-refractivity contribution >= 4 is 5.91 Å². The van der Waals surface area contributed by atoms with Gasteiger partial charge in [0.15, 0.2) is 0 Å². The number of aromatic nitrogens is 3. The van der Waals surface area contributed by atoms with Gasteiger partial charge in [0.2, 0.25) is 17.7 Å². The van der Waals surface area contributed by atoms with Crippen LogP contribution in [0.25, 0.3) is 0 Å². The predicted molar refractivity (Wildman–Crippen MR) is 108 cm³/mol. The maximum absolute atomic E-state index is 12.7. The van der Waals surface area contributed by atoms with Crippen molar-refractivity contribution in [1.29, 1.82) is 0 Å². The smallest absolute Gasteiger partial charge is 0.230 e. The van der Waals surface area contributed by atoms with Crippen molar-refractivity contribution in [3.63, 3.8) is 0 Å². The summed E-state index contributed by atoms with van der Waals surface area (Å²) in [7, 11) is 0. The van der Waals surface area contributed by atoms with Gasteiger partial charge in [-0.25, -0.2) is 0 Å². The summed E-state index contributed by atoms with van der Waals surface area (Å²) in [6.45, 7) is 7.12. The number of piperidine rings is 2. The molecule has 1 amide bonds. The fourth-order valence-corrected chi connectivity index (χ4v) is 4.42. The first kappa shape index (κ1) is 20.0. The Balaban J connectivity index is 1.23. The number of pyridine rings is 1. The van der Waals surface area contributed by atoms with Crippen LogP contribution in [0, 0.1) is 12.8 Å². The maximum atomic E-state index is 12.7. The van der Waals surface area contributed by atoms with Gasteiger partial charge in [0.1, 0.15) is 0 Å². The van der Waals surface area contributed by atoms with Crippen LogP contribution in [-0.2, 0) is 17.9 Å². The first-order valence-electron chi connectivity index (χ1n) is 10.6. The number of carbonyl (C=O) groups is 1. The third kappa shape index (κ3) is 5.39. The lowest BCUT2D eigenvalue weighted by Crippen LogP contribution is -2.50. The molecule has 0 aromatic carbocycles. The van der Waals surface area contributed by atoms with Crippen LogP contribution in [0.3, 0.4) is 0 Å². The van der Waals surface area contributed by atoms with Crippen molar-refractivity contribution in [3.05, 3.63) is 41.9 Å². The molecule has 156 valence electrons. The Morgan fingerprint density at radius 2 is 2.10 bits per heavy atom. The van der Waals surface area contributed by atoms with Gasteiger partial charge in [-0.15, -0.1) is 10.2 Å². The highest BCUT2D eigenvalue weighted by atomic mass is 16.4. The van der Waals surface area contributed by atoms with Gasteiger partial charge in [-0.1, -0.05) is 6.07 Å². The molecule has 29 heavy (non-hydrogen) atoms. The number of nitrogens with zero attached hydrogens (tertiary/aromatic N) is 5. The lowest BCUT2D eigenvalue weighted by Gasteiger charge is -2.41. The van der Waals surface area contributed by atoms with Crippen LogP contribution < -0.4 is 5.32 Å². The summed E-state index contributed by atoms with van der Waals surface area (Å²) in [6, 6.07) is 4.45. The molecule has 2 aliphatic heterocycles. The van der Waals surface area contributed by atoms with E-state index in [1.54, 1.807) is 12.4 Å². The Bertz CT molecular complexity index is 787. The third-order valence-corrected chi connectivity index (χ3v) is 6.01. The van der Waals surface area contributed by atoms with E-state index in [1.807, 2.05) is 19.1 Å². The highest BCUT2D eigenvalue weighted by molar-refractivity contribution is 5.78. The molecule has 4 heterocycles. The van der Waals surface area contributed by atoms with E-state index in [1.165, 1.54) is 0 Å². The van der Waals surface area contributed by atoms with Crippen LogP contribution in [0.4, 0.5) is 0 Å². The Labute approximate surface area is 171 Å². The van der Waals surface area contributed by atoms with Gasteiger partial charge < -0.3 is 9.73 Å². The van der Waals surface area contributed by atoms with Crippen molar-refractivity contribution in [1.82, 2.24) is 30.3 Å². The highest BCUT2D eigenvalue weighted by Crippen LogP contribution is 2.24. The van der Waals surface area contributed by atoms with Crippen LogP contribution >= 0.6 is 0 Å². The van der Waals surface area contributed by atoms with E-state index < -0.39 is 0 Å². The molecular formula is C21H30N6O2. The SMILES string of the molecule is Cc1nnc(CN2CCC(N3CCC[C@H](C(=O)NCc4cccnc4)C3)CC2)o1. The lowest BCUT2D eigenvalue weighted by molar-refractivity contribution is -0.127. The zero-order valence-corrected chi connectivity index (χ0v) is 17.1. The Morgan fingerprint density at radius 1 is 1.24 bits per heavy atom. The normalized spacial score (nSPS) is 21.9. The maximum Gasteiger partial charge on any atom is 0.230 e. The molecule has 4 rings (SSSR count). The molecule has 0 radical (unpaired) electrons. The quantitative estimate of drug-likeness (QED) is 0.793. The number of hydrogen-bond acceptors (Lipinski definition) is 7. The van der Waals surface area contributed by atoms with Gasteiger partial charge in [-0.05, 0) is 43.9 Å². The first-order chi connectivity index (χ1) is 14.2. The van der Waals surface area contributed by atoms with Crippen molar-refractivity contribution in [3.8, 4) is 0 Å². The summed E-state index contributed by atoms with van der Waals surface area (Å²) in [5.41, 5.74) is 1.04. The van der Waals surface area contributed by atoms with Gasteiger partial charge in [0, 0.05) is 51.5 Å². The summed E-state index contributed by atoms with van der Waals surface area (Å²) in [6.07, 6.45) is 7.86. The summed E-state index contributed by atoms with van der Waals surface area (Å²) < 4.78 is 5.50. The molecular weight excluding hydrogens is 368 g/mol. The second kappa shape index (κ2) is 9.45. The predicted octanol–water partition coefficient (Wildman–Crippen LogP) is 1.77. The van der Waals surface area contributed by atoms with Crippen LogP contribution in [-0.4, -0.2) is 63.1 Å². The van der Waals surface area contributed by atoms with Gasteiger partial charge in [-0.3, -0.25) is 19.6 Å². The molecule has 1 N–H and O–H groups in total. The molecule has 8 heteroatoms. The van der Waals surface area contributed by atoms with Gasteiger partial charge >= 0.3 is 0 Å². The number of amides is 1. The Hall–Kier alpha value is -2.32. The second-order valence-corrected chi connectivity index (χ2v) is 8.14. The topological polar surface area (TPSA) is 87.4 Å². The van der Waals surface area contributed by atoms with Crippen molar-refractivity contribution in [2.45, 2.75) is 51.7 Å². The second-order valence-electron chi connectivity index (χ2n) is 8.14. The lowest BCUT2D eigenvalue weighted by atomic mass is 9.93. The summed E-state index contributed by atoms with van der Waals surface area (Å²) in [5, 5.41) is 11.1. The molecule has 0 unspecified atom stereocenters. The van der Waals surface area contributed by atoms with E-state index in [0.717, 1.165) is 64.0 Å². The number of likely N-dealkylation sites (tertiary alicyclic amines) is 2. The van der Waals surface area contributed by atoms with Gasteiger partial charge in [-0.2, -0.15) is 0 Å². The summed E-state index contributed by atoms with van der Waals surface area (Å²) >= 11 is 0. The molecule has 0 spiro atoms. The minimum atomic E-state index is 0.0832. The number of aryl methyl sites for hydroxylation is 1. The summed E-state index contributed by atoms with van der Waals surface area (Å²) in [5.74, 6) is 1.57. The molecule has 0 bridgehead atoms. The van der Waals surface area contributed by atoms with Crippen molar-refractivity contribution < 1.29 is 9.21 Å². The monoisotopic (exact) mass is 398 g/mol. The van der Waals surface area contributed by atoms with Crippen LogP contribution in [0.5, 0.6) is 0 Å². The number of carbonyl (C=O) groups excluding carboxylic acids is 1. The molecule has 2 saturated heterocycles. The molecule has 0 aliphatic carbocycles. The molecule has 2 aromatic heterocycles. The van der Waals surface area contributed by atoms with E-state index in [4.69, 9.17) is 4.42 Å². The molecule has 2 fully saturated rings. The first-order valence-corrected chi connectivity index (χ1v) is 10.6. The fraction of sp³-hybridized carbons (Fsp3) is 0.619. The zero-order valence-electron chi connectivity index (χ0n) is 17.1. The zero-order chi connectivity index (χ0) is 20.1. The van der Waals surface area contributed by atoms with Crippen LogP contribution in [0.1, 0.15) is 43.0 Å². The largest absolute Gasteiger partial charge is 0.424 e. The fourth-order valence-electron chi connectivity index (χ4n) is 4.42. The highest BCUT2D eigenvalue weighted by Gasteiger charge is 2.31. The Kier molecular flexibility index (Phi) is 6.51. The van der Waals surface area contributed by atoms with Gasteiger partial charge in [0.05, 0.1) is 12.5 Å². The molecule has 2 aromatic rings. The van der Waals surface area contributed by atoms with Crippen molar-refractivity contribution in [2.24, 2.45) is 5.92 Å². The van der Waals surface area contributed by atoms with Crippen molar-refractivity contribution in [2.75, 3.05) is 26.2 Å². The van der Waals surface area contributed by atoms with E-state index in [-0.39, 0.29) is 11.8 Å². The minimum absolute atomic E-state index is 0.0832. The molecule has 0 saturated carbocycles. The standard InChI is InChI=1S/C21H30N6O2/c1-16-24-25-20(29-16)15-26-10-6-19(7-11-26)27-9-3-5-18(14-27)21(28)23-13-17-4-2-8-22-12-17/h2,4,8,12,18-19H,3,5-7,9-11,13-15H2,1H3,(H,23,28)/t18-/m0/s1. The van der Waals surface area contributed by atoms with Gasteiger partial charge in [0.25, 0.3) is 0 Å². The van der Waals surface area contributed by atoms with E-state index in [9.17, 15) is 4.79 Å². The minimum Gasteiger partial charge on any atom is -0.424 e. The number of rotatable bonds is 6. The Morgan fingerprint density at radius 3 is 2.83 bits per heavy atom. The van der Waals surface area contributed by atoms with Crippen LogP contribution in [0.2, 0.25) is 0 Å². The molecule has 1 atom stereocenters. The van der Waals surface area contributed by atoms with E-state index >= 15 is 0 Å².